The van der Waals surface area contributed by atoms with Gasteiger partial charge in [-0.25, -0.2) is 0 Å². The molecular formula is C19H23N3O3. The lowest BCUT2D eigenvalue weighted by Crippen LogP contribution is -2.30. The van der Waals surface area contributed by atoms with E-state index in [1.165, 1.54) is 14.0 Å². The van der Waals surface area contributed by atoms with E-state index < -0.39 is 0 Å². The SMILES string of the molecule is COc1ccc(NC(C)=O)cc1NC(=O)CN(C)Cc1ccccc1. The molecule has 0 radical (unpaired) electrons. The number of likely N-dealkylation sites (N-methyl/N-ethyl adjacent to an activating group) is 1. The molecule has 0 saturated heterocycles. The zero-order chi connectivity index (χ0) is 18.2. The number of carbonyl (C=O) groups excluding carboxylic acids is 2. The van der Waals surface area contributed by atoms with Crippen molar-refractivity contribution in [1.82, 2.24) is 4.90 Å². The molecule has 0 aromatic heterocycles. The van der Waals surface area contributed by atoms with Gasteiger partial charge in [0.2, 0.25) is 11.8 Å². The molecule has 25 heavy (non-hydrogen) atoms. The Hall–Kier alpha value is -2.86. The Morgan fingerprint density at radius 3 is 2.44 bits per heavy atom. The van der Waals surface area contributed by atoms with E-state index >= 15 is 0 Å². The van der Waals surface area contributed by atoms with Crippen molar-refractivity contribution in [2.75, 3.05) is 31.3 Å². The highest BCUT2D eigenvalue weighted by atomic mass is 16.5. The molecule has 0 atom stereocenters. The Labute approximate surface area is 147 Å². The van der Waals surface area contributed by atoms with Gasteiger partial charge in [-0.2, -0.15) is 0 Å². The molecule has 2 rings (SSSR count). The van der Waals surface area contributed by atoms with E-state index in [-0.39, 0.29) is 18.4 Å². The summed E-state index contributed by atoms with van der Waals surface area (Å²) in [4.78, 5) is 25.4. The predicted octanol–water partition coefficient (Wildman–Crippen LogP) is 2.72. The zero-order valence-electron chi connectivity index (χ0n) is 14.7. The average molecular weight is 341 g/mol. The molecule has 0 heterocycles. The molecule has 0 aliphatic heterocycles. The van der Waals surface area contributed by atoms with Gasteiger partial charge in [-0.1, -0.05) is 30.3 Å². The molecule has 0 unspecified atom stereocenters. The van der Waals surface area contributed by atoms with Crippen molar-refractivity contribution < 1.29 is 14.3 Å². The minimum atomic E-state index is -0.176. The van der Waals surface area contributed by atoms with Gasteiger partial charge in [-0.15, -0.1) is 0 Å². The summed E-state index contributed by atoms with van der Waals surface area (Å²) in [5.41, 5.74) is 2.26. The van der Waals surface area contributed by atoms with Gasteiger partial charge in [0.25, 0.3) is 0 Å². The second-order valence-electron chi connectivity index (χ2n) is 5.80. The second kappa shape index (κ2) is 8.84. The molecule has 0 aliphatic rings. The summed E-state index contributed by atoms with van der Waals surface area (Å²) in [5, 5.41) is 5.52. The maximum atomic E-state index is 12.3. The molecule has 6 heteroatoms. The molecule has 0 saturated carbocycles. The van der Waals surface area contributed by atoms with Crippen LogP contribution in [0.15, 0.2) is 48.5 Å². The van der Waals surface area contributed by atoms with E-state index in [1.807, 2.05) is 42.3 Å². The van der Waals surface area contributed by atoms with Crippen molar-refractivity contribution in [1.29, 1.82) is 0 Å². The minimum Gasteiger partial charge on any atom is -0.495 e. The van der Waals surface area contributed by atoms with Crippen LogP contribution in [-0.4, -0.2) is 37.4 Å². The van der Waals surface area contributed by atoms with Crippen LogP contribution < -0.4 is 15.4 Å². The molecule has 2 aromatic rings. The standard InChI is InChI=1S/C19H23N3O3/c1-14(23)20-16-9-10-18(25-3)17(11-16)21-19(24)13-22(2)12-15-7-5-4-6-8-15/h4-11H,12-13H2,1-3H3,(H,20,23)(H,21,24). The maximum Gasteiger partial charge on any atom is 0.238 e. The van der Waals surface area contributed by atoms with Crippen molar-refractivity contribution in [3.05, 3.63) is 54.1 Å². The number of hydrogen-bond acceptors (Lipinski definition) is 4. The second-order valence-corrected chi connectivity index (χ2v) is 5.80. The summed E-state index contributed by atoms with van der Waals surface area (Å²) in [6, 6.07) is 15.1. The monoisotopic (exact) mass is 341 g/mol. The number of methoxy groups -OCH3 is 1. The van der Waals surface area contributed by atoms with Crippen LogP contribution in [0.4, 0.5) is 11.4 Å². The van der Waals surface area contributed by atoms with E-state index in [0.29, 0.717) is 23.7 Å². The number of nitrogens with zero attached hydrogens (tertiary/aromatic N) is 1. The lowest BCUT2D eigenvalue weighted by Gasteiger charge is -2.17. The first-order chi connectivity index (χ1) is 12.0. The van der Waals surface area contributed by atoms with Gasteiger partial charge in [0.15, 0.2) is 0 Å². The Balaban J connectivity index is 2.00. The quantitative estimate of drug-likeness (QED) is 0.812. The van der Waals surface area contributed by atoms with E-state index in [1.54, 1.807) is 18.2 Å². The first kappa shape index (κ1) is 18.5. The number of rotatable bonds is 7. The summed E-state index contributed by atoms with van der Waals surface area (Å²) >= 11 is 0. The van der Waals surface area contributed by atoms with Gasteiger partial charge >= 0.3 is 0 Å². The third-order valence-corrected chi connectivity index (χ3v) is 3.50. The number of hydrogen-bond donors (Lipinski definition) is 2. The third-order valence-electron chi connectivity index (χ3n) is 3.50. The fourth-order valence-electron chi connectivity index (χ4n) is 2.47. The van der Waals surface area contributed by atoms with Crippen LogP contribution in [0, 0.1) is 0 Å². The van der Waals surface area contributed by atoms with Crippen LogP contribution in [0.3, 0.4) is 0 Å². The molecule has 0 aliphatic carbocycles. The van der Waals surface area contributed by atoms with Crippen LogP contribution in [0.2, 0.25) is 0 Å². The average Bonchev–Trinajstić information content (AvgIpc) is 2.55. The summed E-state index contributed by atoms with van der Waals surface area (Å²) < 4.78 is 5.27. The van der Waals surface area contributed by atoms with Crippen LogP contribution >= 0.6 is 0 Å². The van der Waals surface area contributed by atoms with Gasteiger partial charge < -0.3 is 15.4 Å². The highest BCUT2D eigenvalue weighted by molar-refractivity contribution is 5.95. The van der Waals surface area contributed by atoms with Crippen molar-refractivity contribution in [2.45, 2.75) is 13.5 Å². The molecule has 2 aromatic carbocycles. The Kier molecular flexibility index (Phi) is 6.54. The molecular weight excluding hydrogens is 318 g/mol. The lowest BCUT2D eigenvalue weighted by atomic mass is 10.2. The molecule has 2 N–H and O–H groups in total. The summed E-state index contributed by atoms with van der Waals surface area (Å²) in [5.74, 6) is 0.204. The summed E-state index contributed by atoms with van der Waals surface area (Å²) in [7, 11) is 3.42. The predicted molar refractivity (Wildman–Crippen MR) is 98.7 cm³/mol. The van der Waals surface area contributed by atoms with Crippen LogP contribution in [0.5, 0.6) is 5.75 Å². The summed E-state index contributed by atoms with van der Waals surface area (Å²) in [6.45, 7) is 2.35. The number of amides is 2. The number of ether oxygens (including phenoxy) is 1. The van der Waals surface area contributed by atoms with Crippen molar-refractivity contribution in [3.63, 3.8) is 0 Å². The number of benzene rings is 2. The fraction of sp³-hybridized carbons (Fsp3) is 0.263. The molecule has 0 spiro atoms. The van der Waals surface area contributed by atoms with Crippen LogP contribution in [0.25, 0.3) is 0 Å². The number of carbonyl (C=O) groups is 2. The minimum absolute atomic E-state index is 0.156. The van der Waals surface area contributed by atoms with E-state index in [9.17, 15) is 9.59 Å². The Bertz CT molecular complexity index is 732. The number of anilines is 2. The maximum absolute atomic E-state index is 12.3. The van der Waals surface area contributed by atoms with Gasteiger partial charge in [-0.05, 0) is 30.8 Å². The first-order valence-corrected chi connectivity index (χ1v) is 7.96. The van der Waals surface area contributed by atoms with Crippen LogP contribution in [-0.2, 0) is 16.1 Å². The Morgan fingerprint density at radius 1 is 1.08 bits per heavy atom. The Morgan fingerprint density at radius 2 is 1.80 bits per heavy atom. The highest BCUT2D eigenvalue weighted by Crippen LogP contribution is 2.27. The fourth-order valence-corrected chi connectivity index (χ4v) is 2.47. The van der Waals surface area contributed by atoms with Gasteiger partial charge in [0, 0.05) is 19.2 Å². The molecule has 0 bridgehead atoms. The van der Waals surface area contributed by atoms with Crippen molar-refractivity contribution in [3.8, 4) is 5.75 Å². The van der Waals surface area contributed by atoms with Crippen molar-refractivity contribution >= 4 is 23.2 Å². The molecule has 0 fully saturated rings. The zero-order valence-corrected chi connectivity index (χ0v) is 14.7. The van der Waals surface area contributed by atoms with Crippen LogP contribution in [0.1, 0.15) is 12.5 Å². The lowest BCUT2D eigenvalue weighted by molar-refractivity contribution is -0.117. The van der Waals surface area contributed by atoms with E-state index in [4.69, 9.17) is 4.74 Å². The molecule has 6 nitrogen and oxygen atoms in total. The molecule has 2 amide bonds. The van der Waals surface area contributed by atoms with Gasteiger partial charge in [0.1, 0.15) is 5.75 Å². The van der Waals surface area contributed by atoms with Crippen molar-refractivity contribution in [2.24, 2.45) is 0 Å². The third kappa shape index (κ3) is 5.93. The normalized spacial score (nSPS) is 10.4. The topological polar surface area (TPSA) is 70.7 Å². The highest BCUT2D eigenvalue weighted by Gasteiger charge is 2.11. The first-order valence-electron chi connectivity index (χ1n) is 7.96. The largest absolute Gasteiger partial charge is 0.495 e. The molecule has 132 valence electrons. The number of nitrogens with one attached hydrogen (secondary N) is 2. The summed E-state index contributed by atoms with van der Waals surface area (Å²) in [6.07, 6.45) is 0. The van der Waals surface area contributed by atoms with E-state index in [0.717, 1.165) is 5.56 Å². The smallest absolute Gasteiger partial charge is 0.238 e. The van der Waals surface area contributed by atoms with E-state index in [2.05, 4.69) is 10.6 Å². The van der Waals surface area contributed by atoms with Gasteiger partial charge in [-0.3, -0.25) is 14.5 Å². The van der Waals surface area contributed by atoms with Gasteiger partial charge in [0.05, 0.1) is 19.3 Å².